The number of ether oxygens (including phenoxy) is 1. The normalized spacial score (nSPS) is 35.7. The van der Waals surface area contributed by atoms with Crippen LogP contribution in [-0.2, 0) is 4.74 Å². The zero-order valence-electron chi connectivity index (χ0n) is 27.3. The van der Waals surface area contributed by atoms with Crippen molar-refractivity contribution in [2.24, 2.45) is 46.3 Å². The number of aliphatic hydroxyl groups excluding tert-OH is 2. The van der Waals surface area contributed by atoms with E-state index >= 15 is 0 Å². The van der Waals surface area contributed by atoms with Crippen LogP contribution in [0.1, 0.15) is 105 Å². The predicted molar refractivity (Wildman–Crippen MR) is 166 cm³/mol. The van der Waals surface area contributed by atoms with E-state index in [2.05, 4.69) is 46.0 Å². The van der Waals surface area contributed by atoms with E-state index in [0.29, 0.717) is 36.1 Å². The molecule has 6 nitrogen and oxygen atoms in total. The number of carbonyl (C=O) groups excluding carboxylic acids is 1. The lowest BCUT2D eigenvalue weighted by molar-refractivity contribution is -0.908. The molecule has 1 unspecified atom stereocenters. The van der Waals surface area contributed by atoms with E-state index in [9.17, 15) is 15.0 Å². The summed E-state index contributed by atoms with van der Waals surface area (Å²) in [5.74, 6) is 5.03. The number of rotatable bonds is 13. The summed E-state index contributed by atoms with van der Waals surface area (Å²) >= 11 is 0. The van der Waals surface area contributed by atoms with Crippen LogP contribution in [0.15, 0.2) is 11.6 Å². The summed E-state index contributed by atoms with van der Waals surface area (Å²) in [6.07, 6.45) is 16.2. The number of nitrogens with one attached hydrogen (secondary N) is 1. The summed E-state index contributed by atoms with van der Waals surface area (Å²) in [5, 5.41) is 21.7. The Balaban J connectivity index is 1.32. The van der Waals surface area contributed by atoms with Gasteiger partial charge in [-0.15, -0.1) is 0 Å². The first-order chi connectivity index (χ1) is 19.5. The Morgan fingerprint density at radius 1 is 1.02 bits per heavy atom. The van der Waals surface area contributed by atoms with E-state index in [-0.39, 0.29) is 30.8 Å². The zero-order chi connectivity index (χ0) is 29.8. The molecule has 0 heterocycles. The molecular weight excluding hydrogens is 512 g/mol. The van der Waals surface area contributed by atoms with Crippen LogP contribution in [0.25, 0.3) is 0 Å². The number of allylic oxidation sites excluding steroid dienone is 1. The Morgan fingerprint density at radius 3 is 2.44 bits per heavy atom. The quantitative estimate of drug-likeness (QED) is 0.172. The van der Waals surface area contributed by atoms with Gasteiger partial charge in [0.25, 0.3) is 0 Å². The van der Waals surface area contributed by atoms with Crippen molar-refractivity contribution < 1.29 is 24.2 Å². The third-order valence-corrected chi connectivity index (χ3v) is 12.7. The van der Waals surface area contributed by atoms with Crippen LogP contribution in [0.2, 0.25) is 0 Å². The van der Waals surface area contributed by atoms with Gasteiger partial charge in [-0.25, -0.2) is 4.79 Å². The van der Waals surface area contributed by atoms with E-state index in [1.807, 2.05) is 7.05 Å². The number of likely N-dealkylation sites (N-methyl/N-ethyl adjacent to an activating group) is 1. The molecule has 4 rings (SSSR count). The molecule has 0 spiro atoms. The van der Waals surface area contributed by atoms with Gasteiger partial charge < -0.3 is 24.7 Å². The molecule has 41 heavy (non-hydrogen) atoms. The van der Waals surface area contributed by atoms with Crippen LogP contribution in [0.5, 0.6) is 0 Å². The molecule has 3 fully saturated rings. The van der Waals surface area contributed by atoms with Gasteiger partial charge in [0.2, 0.25) is 0 Å². The van der Waals surface area contributed by atoms with Crippen LogP contribution in [0.3, 0.4) is 0 Å². The second kappa shape index (κ2) is 13.7. The molecule has 0 saturated heterocycles. The number of quaternary nitrogens is 1. The summed E-state index contributed by atoms with van der Waals surface area (Å²) < 4.78 is 6.46. The minimum absolute atomic E-state index is 0.0435. The molecule has 0 bridgehead atoms. The van der Waals surface area contributed by atoms with Gasteiger partial charge in [-0.3, -0.25) is 0 Å². The first-order valence-electron chi connectivity index (χ1n) is 17.1. The van der Waals surface area contributed by atoms with Crippen LogP contribution in [0, 0.1) is 46.3 Å². The van der Waals surface area contributed by atoms with Crippen molar-refractivity contribution in [2.45, 2.75) is 111 Å². The van der Waals surface area contributed by atoms with E-state index in [4.69, 9.17) is 4.74 Å². The molecule has 3 N–H and O–H groups in total. The van der Waals surface area contributed by atoms with Gasteiger partial charge in [0.15, 0.2) is 0 Å². The number of hydrogen-bond acceptors (Lipinski definition) is 4. The minimum Gasteiger partial charge on any atom is -0.446 e. The number of aliphatic hydroxyl groups is 2. The van der Waals surface area contributed by atoms with Crippen LogP contribution in [0.4, 0.5) is 4.79 Å². The summed E-state index contributed by atoms with van der Waals surface area (Å²) in [7, 11) is 2.00. The minimum atomic E-state index is -0.333. The van der Waals surface area contributed by atoms with Gasteiger partial charge >= 0.3 is 6.09 Å². The van der Waals surface area contributed by atoms with E-state index in [1.54, 1.807) is 5.57 Å². The highest BCUT2D eigenvalue weighted by molar-refractivity contribution is 5.67. The number of nitrogens with zero attached hydrogens (tertiary/aromatic N) is 1. The van der Waals surface area contributed by atoms with E-state index in [1.165, 1.54) is 51.4 Å². The molecule has 0 aromatic carbocycles. The van der Waals surface area contributed by atoms with Crippen molar-refractivity contribution in [1.29, 1.82) is 0 Å². The average molecular weight is 576 g/mol. The fraction of sp³-hybridized carbons (Fsp3) is 0.914. The van der Waals surface area contributed by atoms with Crippen molar-refractivity contribution in [3.63, 3.8) is 0 Å². The maximum absolute atomic E-state index is 12.7. The fourth-order valence-corrected chi connectivity index (χ4v) is 10.2. The molecule has 8 atom stereocenters. The highest BCUT2D eigenvalue weighted by Gasteiger charge is 2.59. The van der Waals surface area contributed by atoms with Gasteiger partial charge in [0, 0.05) is 6.42 Å². The number of hydrogen-bond donors (Lipinski definition) is 3. The number of alkyl carbamates (subject to hydrolysis) is 1. The van der Waals surface area contributed by atoms with Crippen molar-refractivity contribution in [2.75, 3.05) is 46.4 Å². The summed E-state index contributed by atoms with van der Waals surface area (Å²) in [4.78, 5) is 12.7. The van der Waals surface area contributed by atoms with Gasteiger partial charge in [-0.05, 0) is 91.3 Å². The summed E-state index contributed by atoms with van der Waals surface area (Å²) in [5.41, 5.74) is 2.33. The third-order valence-electron chi connectivity index (χ3n) is 12.7. The molecule has 4 aliphatic rings. The third kappa shape index (κ3) is 7.17. The molecule has 0 radical (unpaired) electrons. The van der Waals surface area contributed by atoms with Crippen molar-refractivity contribution in [3.8, 4) is 0 Å². The SMILES string of the molecule is CC(C)CCCC(C)[C@H]1CC[C@H]2[C@@H]3CC=C4C[C@@H](OC(=O)NCC[N+](C)(CCO)CCO)CC[C@]4(C)[C@H]3CC[C@]12C. The number of amides is 1. The Hall–Kier alpha value is -1.11. The molecule has 6 heteroatoms. The van der Waals surface area contributed by atoms with Gasteiger partial charge in [-0.2, -0.15) is 0 Å². The molecule has 3 saturated carbocycles. The largest absolute Gasteiger partial charge is 0.446 e. The molecule has 1 amide bonds. The summed E-state index contributed by atoms with van der Waals surface area (Å²) in [6.45, 7) is 14.9. The van der Waals surface area contributed by atoms with Crippen LogP contribution >= 0.6 is 0 Å². The van der Waals surface area contributed by atoms with Crippen molar-refractivity contribution in [1.82, 2.24) is 5.32 Å². The topological polar surface area (TPSA) is 78.8 Å². The number of carbonyl (C=O) groups is 1. The first kappa shape index (κ1) is 32.8. The molecular formula is C35H63N2O4+. The maximum atomic E-state index is 12.7. The second-order valence-electron chi connectivity index (χ2n) is 15.7. The average Bonchev–Trinajstić information content (AvgIpc) is 3.26. The fourth-order valence-electron chi connectivity index (χ4n) is 10.2. The Bertz CT molecular complexity index is 899. The lowest BCUT2D eigenvalue weighted by atomic mass is 9.47. The first-order valence-corrected chi connectivity index (χ1v) is 17.1. The zero-order valence-corrected chi connectivity index (χ0v) is 27.3. The molecule has 0 aliphatic heterocycles. The Morgan fingerprint density at radius 2 is 1.76 bits per heavy atom. The molecule has 236 valence electrons. The number of fused-ring (bicyclic) bond motifs is 5. The lowest BCUT2D eigenvalue weighted by Crippen LogP contribution is -2.52. The van der Waals surface area contributed by atoms with E-state index < -0.39 is 0 Å². The molecule has 0 aromatic heterocycles. The van der Waals surface area contributed by atoms with Crippen LogP contribution in [-0.4, -0.2) is 73.3 Å². The van der Waals surface area contributed by atoms with Gasteiger partial charge in [0.05, 0.1) is 33.4 Å². The maximum Gasteiger partial charge on any atom is 0.407 e. The second-order valence-corrected chi connectivity index (χ2v) is 15.7. The standard InChI is InChI=1S/C35H62N2O4/c1-25(2)8-7-9-26(3)30-12-13-31-29-11-10-27-24-28(14-16-34(27,4)32(29)15-17-35(30,31)5)41-33(40)36-18-19-37(6,20-22-38)21-23-39/h10,25-26,28-32,38-39H,7-9,11-24H2,1-6H3/p+1/t26?,28-,29-,30+,31-,32-,34-,35+/m0/s1. The predicted octanol–water partition coefficient (Wildman–Crippen LogP) is 6.55. The molecule has 4 aliphatic carbocycles. The monoisotopic (exact) mass is 575 g/mol. The lowest BCUT2D eigenvalue weighted by Gasteiger charge is -2.58. The Kier molecular flexibility index (Phi) is 10.9. The van der Waals surface area contributed by atoms with Crippen molar-refractivity contribution >= 4 is 6.09 Å². The van der Waals surface area contributed by atoms with Gasteiger partial charge in [0.1, 0.15) is 19.2 Å². The highest BCUT2D eigenvalue weighted by Crippen LogP contribution is 2.67. The van der Waals surface area contributed by atoms with Crippen LogP contribution < -0.4 is 5.32 Å². The van der Waals surface area contributed by atoms with E-state index in [0.717, 1.165) is 54.8 Å². The molecule has 0 aromatic rings. The summed E-state index contributed by atoms with van der Waals surface area (Å²) in [6, 6.07) is 0. The highest BCUT2D eigenvalue weighted by atomic mass is 16.6. The van der Waals surface area contributed by atoms with Gasteiger partial charge in [-0.1, -0.05) is 65.5 Å². The van der Waals surface area contributed by atoms with Crippen molar-refractivity contribution in [3.05, 3.63) is 11.6 Å². The Labute approximate surface area is 251 Å². The smallest absolute Gasteiger partial charge is 0.407 e.